The summed E-state index contributed by atoms with van der Waals surface area (Å²) in [4.78, 5) is 12.6. The van der Waals surface area contributed by atoms with Crippen LogP contribution in [0.5, 0.6) is 0 Å². The maximum Gasteiger partial charge on any atom is 0.278 e. The molecule has 4 aromatic rings. The van der Waals surface area contributed by atoms with Crippen molar-refractivity contribution in [2.24, 2.45) is 16.8 Å². The van der Waals surface area contributed by atoms with Gasteiger partial charge in [0.05, 0.1) is 16.3 Å². The fourth-order valence-corrected chi connectivity index (χ4v) is 4.85. The molecule has 0 heterocycles. The van der Waals surface area contributed by atoms with Crippen molar-refractivity contribution in [3.8, 4) is 0 Å². The lowest BCUT2D eigenvalue weighted by molar-refractivity contribution is -0.114. The number of carbonyl (C=O) groups is 1. The summed E-state index contributed by atoms with van der Waals surface area (Å²) >= 11 is 0. The van der Waals surface area contributed by atoms with Crippen molar-refractivity contribution in [3.05, 3.63) is 103 Å². The molecule has 4 rings (SSSR count). The number of benzene rings is 4. The van der Waals surface area contributed by atoms with Crippen molar-refractivity contribution in [2.45, 2.75) is 4.90 Å². The number of carbonyl (C=O) groups excluding carboxylic acids is 1. The first-order chi connectivity index (χ1) is 16.8. The van der Waals surface area contributed by atoms with E-state index in [2.05, 4.69) is 5.11 Å². The molecule has 35 heavy (non-hydrogen) atoms. The normalized spacial score (nSPS) is 11.5. The van der Waals surface area contributed by atoms with Crippen LogP contribution >= 0.6 is 0 Å². The third-order valence-corrected chi connectivity index (χ3v) is 6.99. The van der Waals surface area contributed by atoms with Gasteiger partial charge in [-0.25, -0.2) is 26.6 Å². The second-order valence-electron chi connectivity index (χ2n) is 7.51. The molecule has 0 saturated carbocycles. The van der Waals surface area contributed by atoms with Gasteiger partial charge in [0.25, 0.3) is 15.9 Å². The summed E-state index contributed by atoms with van der Waals surface area (Å²) in [6, 6.07) is 25.1. The quantitative estimate of drug-likeness (QED) is 0.116. The van der Waals surface area contributed by atoms with Crippen LogP contribution in [0.15, 0.2) is 107 Å². The number of fused-ring (bicyclic) bond motifs is 1. The van der Waals surface area contributed by atoms with E-state index in [1.165, 1.54) is 18.2 Å². The number of para-hydroxylation sites is 2. The Labute approximate surface area is 202 Å². The van der Waals surface area contributed by atoms with Crippen molar-refractivity contribution in [2.75, 3.05) is 9.42 Å². The highest BCUT2D eigenvalue weighted by Crippen LogP contribution is 2.28. The fraction of sp³-hybridized carbons (Fsp3) is 0. The summed E-state index contributed by atoms with van der Waals surface area (Å²) in [5.41, 5.74) is 8.65. The van der Waals surface area contributed by atoms with Gasteiger partial charge in [-0.3, -0.25) is 4.79 Å². The van der Waals surface area contributed by atoms with E-state index in [9.17, 15) is 13.2 Å². The van der Waals surface area contributed by atoms with Crippen molar-refractivity contribution in [1.82, 2.24) is 0 Å². The van der Waals surface area contributed by atoms with Gasteiger partial charge in [-0.1, -0.05) is 60.7 Å². The van der Waals surface area contributed by atoms with Gasteiger partial charge >= 0.3 is 0 Å². The average molecular weight is 487 g/mol. The minimum absolute atomic E-state index is 0.107. The first kappa shape index (κ1) is 23.8. The van der Waals surface area contributed by atoms with E-state index in [0.717, 1.165) is 14.8 Å². The van der Waals surface area contributed by atoms with Gasteiger partial charge in [0.1, 0.15) is 5.69 Å². The molecule has 4 aromatic carbocycles. The van der Waals surface area contributed by atoms with Crippen LogP contribution < -0.4 is 21.1 Å². The van der Waals surface area contributed by atoms with Gasteiger partial charge in [-0.15, -0.1) is 0 Å². The summed E-state index contributed by atoms with van der Waals surface area (Å²) in [6.45, 7) is 0. The molecule has 0 fully saturated rings. The summed E-state index contributed by atoms with van der Waals surface area (Å²) < 4.78 is 27.2. The van der Waals surface area contributed by atoms with E-state index in [-0.39, 0.29) is 16.3 Å². The number of nitrogens with one attached hydrogen (secondary N) is 1. The zero-order chi connectivity index (χ0) is 25.0. The maximum absolute atomic E-state index is 13.2. The van der Waals surface area contributed by atoms with E-state index >= 15 is 0 Å². The molecule has 0 spiro atoms. The number of hydrazine groups is 2. The Balaban J connectivity index is 1.53. The predicted octanol–water partition coefficient (Wildman–Crippen LogP) is 4.49. The Bertz CT molecular complexity index is 1530. The number of hydrogen-bond donors (Lipinski definition) is 3. The van der Waals surface area contributed by atoms with Crippen molar-refractivity contribution >= 4 is 49.8 Å². The highest BCUT2D eigenvalue weighted by molar-refractivity contribution is 7.93. The molecule has 1 amide bonds. The molecule has 0 aliphatic heterocycles. The molecule has 0 bridgehead atoms. The van der Waals surface area contributed by atoms with Crippen molar-refractivity contribution in [3.63, 3.8) is 0 Å². The molecule has 0 aliphatic carbocycles. The Morgan fingerprint density at radius 1 is 0.857 bits per heavy atom. The van der Waals surface area contributed by atoms with Gasteiger partial charge in [0.15, 0.2) is 0 Å². The minimum atomic E-state index is -4.01. The van der Waals surface area contributed by atoms with E-state index in [4.69, 9.17) is 17.2 Å². The molecule has 0 aromatic heterocycles. The second-order valence-corrected chi connectivity index (χ2v) is 9.30. The third kappa shape index (κ3) is 4.80. The molecule has 0 atom stereocenters. The highest BCUT2D eigenvalue weighted by atomic mass is 32.2. The van der Waals surface area contributed by atoms with Crippen LogP contribution in [0.3, 0.4) is 0 Å². The molecule has 176 valence electrons. The lowest BCUT2D eigenvalue weighted by atomic mass is 10.1. The predicted molar refractivity (Wildman–Crippen MR) is 136 cm³/mol. The number of hydrogen-bond acceptors (Lipinski definition) is 7. The number of rotatable bonds is 7. The summed E-state index contributed by atoms with van der Waals surface area (Å²) in [6.07, 6.45) is 2.80. The zero-order valence-corrected chi connectivity index (χ0v) is 19.3. The van der Waals surface area contributed by atoms with Gasteiger partial charge < -0.3 is 0 Å². The molecule has 10 heteroatoms. The molecular formula is C25H22N6O3S. The van der Waals surface area contributed by atoms with E-state index < -0.39 is 15.9 Å². The highest BCUT2D eigenvalue weighted by Gasteiger charge is 2.24. The van der Waals surface area contributed by atoms with Crippen molar-refractivity contribution in [1.29, 1.82) is 5.53 Å². The molecule has 9 nitrogen and oxygen atoms in total. The lowest BCUT2D eigenvalue weighted by Gasteiger charge is -2.20. The van der Waals surface area contributed by atoms with Crippen LogP contribution in [0.4, 0.5) is 17.1 Å². The number of nitrogens with two attached hydrogens (primary N) is 2. The van der Waals surface area contributed by atoms with E-state index in [1.807, 2.05) is 18.2 Å². The first-order valence-electron chi connectivity index (χ1n) is 10.4. The summed E-state index contributed by atoms with van der Waals surface area (Å²) in [5.74, 6) is 11.4. The van der Waals surface area contributed by atoms with Crippen LogP contribution in [0.1, 0.15) is 5.56 Å². The summed E-state index contributed by atoms with van der Waals surface area (Å²) in [7, 11) is -4.01. The van der Waals surface area contributed by atoms with Gasteiger partial charge in [-0.2, -0.15) is 13.5 Å². The number of sulfonamides is 1. The Morgan fingerprint density at radius 2 is 1.51 bits per heavy atom. The van der Waals surface area contributed by atoms with E-state index in [0.29, 0.717) is 16.6 Å². The monoisotopic (exact) mass is 486 g/mol. The minimum Gasteiger partial charge on any atom is -0.268 e. The van der Waals surface area contributed by atoms with Gasteiger partial charge in [0, 0.05) is 11.5 Å². The Kier molecular flexibility index (Phi) is 6.69. The van der Waals surface area contributed by atoms with Crippen LogP contribution in [-0.2, 0) is 14.8 Å². The van der Waals surface area contributed by atoms with Crippen LogP contribution in [0.25, 0.3) is 16.8 Å². The molecule has 0 saturated heterocycles. The Hall–Kier alpha value is -4.38. The SMILES string of the molecule is N=Nc1ccccc1N(N)C(=O)/C=C/c1ccc(N(N)S(=O)(=O)c2cccc3ccccc23)cc1. The second kappa shape index (κ2) is 9.85. The van der Waals surface area contributed by atoms with Crippen LogP contribution in [-0.4, -0.2) is 14.3 Å². The van der Waals surface area contributed by atoms with Crippen molar-refractivity contribution < 1.29 is 13.2 Å². The molecule has 0 aliphatic rings. The van der Waals surface area contributed by atoms with Crippen LogP contribution in [0.2, 0.25) is 0 Å². The topological polar surface area (TPSA) is 146 Å². The van der Waals surface area contributed by atoms with Gasteiger partial charge in [-0.05, 0) is 47.4 Å². The standard InChI is InChI=1S/C25H22N6O3S/c26-29-22-9-3-4-10-23(22)30(27)25(32)17-14-18-12-15-20(16-13-18)31(28)35(33,34)24-11-5-7-19-6-1-2-8-21(19)24/h1-17,26H,27-28H2/b17-14+,29-26?. The molecule has 0 radical (unpaired) electrons. The fourth-order valence-electron chi connectivity index (χ4n) is 3.53. The maximum atomic E-state index is 13.2. The Morgan fingerprint density at radius 3 is 2.26 bits per heavy atom. The first-order valence-corrected chi connectivity index (χ1v) is 11.9. The number of nitrogens with zero attached hydrogens (tertiary/aromatic N) is 3. The largest absolute Gasteiger partial charge is 0.278 e. The smallest absolute Gasteiger partial charge is 0.268 e. The van der Waals surface area contributed by atoms with E-state index in [1.54, 1.807) is 66.7 Å². The van der Waals surface area contributed by atoms with Crippen LogP contribution in [0, 0.1) is 5.53 Å². The molecule has 5 N–H and O–H groups in total. The number of anilines is 2. The zero-order valence-electron chi connectivity index (χ0n) is 18.4. The molecule has 0 unspecified atom stereocenters. The lowest BCUT2D eigenvalue weighted by Crippen LogP contribution is -2.37. The summed E-state index contributed by atoms with van der Waals surface area (Å²) in [5, 5.41) is 5.63. The average Bonchev–Trinajstić information content (AvgIpc) is 2.90. The van der Waals surface area contributed by atoms with Gasteiger partial charge in [0.2, 0.25) is 0 Å². The molecular weight excluding hydrogens is 464 g/mol. The third-order valence-electron chi connectivity index (χ3n) is 5.35. The number of amides is 1.